The minimum Gasteiger partial charge on any atom is -0.481 e. The summed E-state index contributed by atoms with van der Waals surface area (Å²) in [7, 11) is 0. The van der Waals surface area contributed by atoms with E-state index in [1.165, 1.54) is 37.1 Å². The van der Waals surface area contributed by atoms with Gasteiger partial charge in [-0.15, -0.1) is 0 Å². The highest BCUT2D eigenvalue weighted by molar-refractivity contribution is 5.80. The van der Waals surface area contributed by atoms with Gasteiger partial charge in [0, 0.05) is 13.1 Å². The molecule has 1 aliphatic heterocycles. The van der Waals surface area contributed by atoms with E-state index in [0.29, 0.717) is 12.3 Å². The second kappa shape index (κ2) is 8.86. The average molecular weight is 352 g/mol. The molecule has 1 aliphatic rings. The van der Waals surface area contributed by atoms with Crippen molar-refractivity contribution in [3.05, 3.63) is 65.2 Å². The smallest absolute Gasteiger partial charge is 0.261 e. The zero-order valence-electron chi connectivity index (χ0n) is 15.7. The van der Waals surface area contributed by atoms with Crippen LogP contribution in [0.15, 0.2) is 48.5 Å². The van der Waals surface area contributed by atoms with Gasteiger partial charge in [0.1, 0.15) is 5.75 Å². The van der Waals surface area contributed by atoms with Crippen molar-refractivity contribution in [1.29, 1.82) is 0 Å². The molecule has 0 bridgehead atoms. The maximum atomic E-state index is 12.3. The number of likely N-dealkylation sites (tertiary alicyclic amines) is 1. The van der Waals surface area contributed by atoms with Crippen LogP contribution < -0.4 is 10.1 Å². The van der Waals surface area contributed by atoms with E-state index in [0.717, 1.165) is 12.1 Å². The summed E-state index contributed by atoms with van der Waals surface area (Å²) in [5.41, 5.74) is 3.60. The standard InChI is InChI=1S/C22H28N2O2/c1-17-8-10-21(11-9-17)26-18(2)22(25)23-15-19-6-5-7-20(14-19)16-24-12-3-4-13-24/h5-11,14,18H,3-4,12-13,15-16H2,1-2H3,(H,23,25)/t18-/m0/s1. The van der Waals surface area contributed by atoms with Crippen molar-refractivity contribution in [2.24, 2.45) is 0 Å². The molecule has 2 aromatic rings. The first-order chi connectivity index (χ1) is 12.6. The molecule has 1 amide bonds. The van der Waals surface area contributed by atoms with Crippen molar-refractivity contribution < 1.29 is 9.53 Å². The van der Waals surface area contributed by atoms with E-state index in [1.807, 2.05) is 31.2 Å². The molecule has 26 heavy (non-hydrogen) atoms. The summed E-state index contributed by atoms with van der Waals surface area (Å²) >= 11 is 0. The minimum atomic E-state index is -0.523. The van der Waals surface area contributed by atoms with Crippen LogP contribution in [0.3, 0.4) is 0 Å². The predicted octanol–water partition coefficient (Wildman–Crippen LogP) is 3.67. The highest BCUT2D eigenvalue weighted by Crippen LogP contribution is 2.15. The summed E-state index contributed by atoms with van der Waals surface area (Å²) in [5.74, 6) is 0.612. The molecule has 4 nitrogen and oxygen atoms in total. The lowest BCUT2D eigenvalue weighted by Gasteiger charge is -2.16. The third-order valence-electron chi connectivity index (χ3n) is 4.77. The lowest BCUT2D eigenvalue weighted by atomic mass is 10.1. The summed E-state index contributed by atoms with van der Waals surface area (Å²) < 4.78 is 5.71. The molecule has 2 aromatic carbocycles. The normalized spacial score (nSPS) is 15.6. The van der Waals surface area contributed by atoms with Crippen LogP contribution in [-0.4, -0.2) is 30.0 Å². The Bertz CT molecular complexity index is 721. The van der Waals surface area contributed by atoms with E-state index < -0.39 is 6.10 Å². The lowest BCUT2D eigenvalue weighted by Crippen LogP contribution is -2.35. The molecule has 0 aliphatic carbocycles. The van der Waals surface area contributed by atoms with E-state index in [4.69, 9.17) is 4.74 Å². The highest BCUT2D eigenvalue weighted by atomic mass is 16.5. The van der Waals surface area contributed by atoms with Gasteiger partial charge in [-0.05, 0) is 63.0 Å². The predicted molar refractivity (Wildman–Crippen MR) is 104 cm³/mol. The van der Waals surface area contributed by atoms with Gasteiger partial charge < -0.3 is 10.1 Å². The van der Waals surface area contributed by atoms with Gasteiger partial charge in [0.2, 0.25) is 0 Å². The first kappa shape index (κ1) is 18.5. The summed E-state index contributed by atoms with van der Waals surface area (Å²) in [6.07, 6.45) is 2.08. The van der Waals surface area contributed by atoms with Crippen molar-refractivity contribution in [3.63, 3.8) is 0 Å². The minimum absolute atomic E-state index is 0.101. The molecule has 0 saturated carbocycles. The molecule has 0 unspecified atom stereocenters. The topological polar surface area (TPSA) is 41.6 Å². The maximum Gasteiger partial charge on any atom is 0.261 e. The summed E-state index contributed by atoms with van der Waals surface area (Å²) in [5, 5.41) is 2.97. The van der Waals surface area contributed by atoms with E-state index >= 15 is 0 Å². The molecule has 0 radical (unpaired) electrons. The monoisotopic (exact) mass is 352 g/mol. The largest absolute Gasteiger partial charge is 0.481 e. The number of hydrogen-bond donors (Lipinski definition) is 1. The second-order valence-electron chi connectivity index (χ2n) is 7.09. The SMILES string of the molecule is Cc1ccc(O[C@@H](C)C(=O)NCc2cccc(CN3CCCC3)c2)cc1. The Balaban J connectivity index is 1.49. The van der Waals surface area contributed by atoms with Crippen molar-refractivity contribution >= 4 is 5.91 Å². The fraction of sp³-hybridized carbons (Fsp3) is 0.409. The van der Waals surface area contributed by atoms with Crippen LogP contribution in [0, 0.1) is 6.92 Å². The number of carbonyl (C=O) groups is 1. The lowest BCUT2D eigenvalue weighted by molar-refractivity contribution is -0.127. The Morgan fingerprint density at radius 3 is 2.54 bits per heavy atom. The fourth-order valence-corrected chi connectivity index (χ4v) is 3.24. The molecule has 4 heteroatoms. The molecule has 138 valence electrons. The van der Waals surface area contributed by atoms with Crippen LogP contribution in [0.4, 0.5) is 0 Å². The van der Waals surface area contributed by atoms with Crippen LogP contribution in [0.2, 0.25) is 0 Å². The van der Waals surface area contributed by atoms with Gasteiger partial charge in [-0.3, -0.25) is 9.69 Å². The van der Waals surface area contributed by atoms with Gasteiger partial charge in [0.15, 0.2) is 6.10 Å². The Hall–Kier alpha value is -2.33. The van der Waals surface area contributed by atoms with Crippen LogP contribution in [0.25, 0.3) is 0 Å². The zero-order valence-corrected chi connectivity index (χ0v) is 15.7. The van der Waals surface area contributed by atoms with E-state index in [2.05, 4.69) is 34.5 Å². The number of rotatable bonds is 7. The first-order valence-electron chi connectivity index (χ1n) is 9.41. The molecule has 1 N–H and O–H groups in total. The molecule has 1 saturated heterocycles. The number of amides is 1. The van der Waals surface area contributed by atoms with E-state index in [-0.39, 0.29) is 5.91 Å². The number of aryl methyl sites for hydroxylation is 1. The Labute approximate surface area is 156 Å². The van der Waals surface area contributed by atoms with Crippen LogP contribution >= 0.6 is 0 Å². The van der Waals surface area contributed by atoms with Crippen LogP contribution in [0.5, 0.6) is 5.75 Å². The molecule has 1 atom stereocenters. The Morgan fingerprint density at radius 1 is 1.12 bits per heavy atom. The van der Waals surface area contributed by atoms with Crippen molar-refractivity contribution in [1.82, 2.24) is 10.2 Å². The summed E-state index contributed by atoms with van der Waals surface area (Å²) in [6, 6.07) is 16.2. The average Bonchev–Trinajstić information content (AvgIpc) is 3.15. The van der Waals surface area contributed by atoms with Crippen molar-refractivity contribution in [2.45, 2.75) is 45.9 Å². The quantitative estimate of drug-likeness (QED) is 0.827. The fourth-order valence-electron chi connectivity index (χ4n) is 3.24. The van der Waals surface area contributed by atoms with E-state index in [1.54, 1.807) is 6.92 Å². The zero-order chi connectivity index (χ0) is 18.4. The van der Waals surface area contributed by atoms with Gasteiger partial charge in [0.05, 0.1) is 0 Å². The van der Waals surface area contributed by atoms with Gasteiger partial charge in [0.25, 0.3) is 5.91 Å². The molecular formula is C22H28N2O2. The van der Waals surface area contributed by atoms with Gasteiger partial charge >= 0.3 is 0 Å². The number of ether oxygens (including phenoxy) is 1. The highest BCUT2D eigenvalue weighted by Gasteiger charge is 2.15. The number of benzene rings is 2. The Morgan fingerprint density at radius 2 is 1.81 bits per heavy atom. The molecule has 0 aromatic heterocycles. The first-order valence-corrected chi connectivity index (χ1v) is 9.41. The molecular weight excluding hydrogens is 324 g/mol. The van der Waals surface area contributed by atoms with Crippen molar-refractivity contribution in [2.75, 3.05) is 13.1 Å². The number of hydrogen-bond acceptors (Lipinski definition) is 3. The second-order valence-corrected chi connectivity index (χ2v) is 7.09. The van der Waals surface area contributed by atoms with Crippen LogP contribution in [-0.2, 0) is 17.9 Å². The third-order valence-corrected chi connectivity index (χ3v) is 4.77. The molecule has 1 heterocycles. The Kier molecular flexibility index (Phi) is 6.29. The van der Waals surface area contributed by atoms with Crippen molar-refractivity contribution in [3.8, 4) is 5.75 Å². The summed E-state index contributed by atoms with van der Waals surface area (Å²) in [6.45, 7) is 7.70. The van der Waals surface area contributed by atoms with Gasteiger partial charge in [-0.25, -0.2) is 0 Å². The van der Waals surface area contributed by atoms with Gasteiger partial charge in [-0.1, -0.05) is 42.0 Å². The molecule has 0 spiro atoms. The maximum absolute atomic E-state index is 12.3. The number of nitrogens with one attached hydrogen (secondary N) is 1. The van der Waals surface area contributed by atoms with Gasteiger partial charge in [-0.2, -0.15) is 0 Å². The van der Waals surface area contributed by atoms with E-state index in [9.17, 15) is 4.79 Å². The number of carbonyl (C=O) groups excluding carboxylic acids is 1. The number of nitrogens with zero attached hydrogens (tertiary/aromatic N) is 1. The molecule has 3 rings (SSSR count). The van der Waals surface area contributed by atoms with Crippen LogP contribution in [0.1, 0.15) is 36.5 Å². The third kappa shape index (κ3) is 5.33. The molecule has 1 fully saturated rings. The summed E-state index contributed by atoms with van der Waals surface area (Å²) in [4.78, 5) is 14.8.